The molecular weight excluding hydrogens is 450 g/mol. The molecule has 0 amide bonds. The first-order chi connectivity index (χ1) is 17.7. The van der Waals surface area contributed by atoms with Crippen LogP contribution < -0.4 is 14.4 Å². The highest BCUT2D eigenvalue weighted by atomic mass is 16.7. The third-order valence-corrected chi connectivity index (χ3v) is 7.40. The Bertz CT molecular complexity index is 1180. The lowest BCUT2D eigenvalue weighted by atomic mass is 9.88. The van der Waals surface area contributed by atoms with E-state index in [9.17, 15) is 0 Å². The van der Waals surface area contributed by atoms with Gasteiger partial charge in [-0.15, -0.1) is 0 Å². The molecule has 2 aliphatic rings. The van der Waals surface area contributed by atoms with Crippen LogP contribution in [0.25, 0.3) is 11.1 Å². The fraction of sp³-hybridized carbons (Fsp3) is 0.355. The molecule has 0 aliphatic carbocycles. The van der Waals surface area contributed by atoms with Crippen LogP contribution in [0.4, 0.5) is 5.69 Å². The molecule has 5 nitrogen and oxygen atoms in total. The van der Waals surface area contributed by atoms with Crippen molar-refractivity contribution in [1.82, 2.24) is 0 Å². The highest BCUT2D eigenvalue weighted by Gasteiger charge is 2.27. The van der Waals surface area contributed by atoms with Gasteiger partial charge in [-0.3, -0.25) is 0 Å². The molecule has 2 heterocycles. The van der Waals surface area contributed by atoms with Crippen LogP contribution in [0.15, 0.2) is 72.8 Å². The molecule has 0 N–H and O–H groups in total. The largest absolute Gasteiger partial charge is 0.497 e. The molecule has 36 heavy (non-hydrogen) atoms. The Morgan fingerprint density at radius 1 is 0.833 bits per heavy atom. The Morgan fingerprint density at radius 2 is 1.56 bits per heavy atom. The topological polar surface area (TPSA) is 40.2 Å². The van der Waals surface area contributed by atoms with Crippen LogP contribution >= 0.6 is 0 Å². The Balaban J connectivity index is 1.48. The molecule has 0 saturated carbocycles. The second-order valence-corrected chi connectivity index (χ2v) is 9.39. The summed E-state index contributed by atoms with van der Waals surface area (Å²) in [6.07, 6.45) is 2.84. The number of hydrogen-bond acceptors (Lipinski definition) is 5. The van der Waals surface area contributed by atoms with Crippen LogP contribution in [0, 0.1) is 5.92 Å². The number of anilines is 1. The minimum Gasteiger partial charge on any atom is -0.497 e. The summed E-state index contributed by atoms with van der Waals surface area (Å²) in [5, 5.41) is 0. The van der Waals surface area contributed by atoms with E-state index in [1.165, 1.54) is 28.0 Å². The SMILES string of the molecule is COc1ccc2c(c1)OCCC(c1ccccc1)=C2c1ccc(N2CCC(C(OC)OC)CC2)cc1. The number of ether oxygens (including phenoxy) is 4. The van der Waals surface area contributed by atoms with Crippen molar-refractivity contribution in [1.29, 1.82) is 0 Å². The fourth-order valence-electron chi connectivity index (χ4n) is 5.51. The third-order valence-electron chi connectivity index (χ3n) is 7.40. The summed E-state index contributed by atoms with van der Waals surface area (Å²) in [7, 11) is 5.14. The second kappa shape index (κ2) is 11.2. The fourth-order valence-corrected chi connectivity index (χ4v) is 5.51. The van der Waals surface area contributed by atoms with E-state index in [2.05, 4.69) is 65.6 Å². The summed E-state index contributed by atoms with van der Waals surface area (Å²) in [5.41, 5.74) is 7.32. The number of rotatable bonds is 7. The number of piperidine rings is 1. The molecule has 0 unspecified atom stereocenters. The van der Waals surface area contributed by atoms with Crippen LogP contribution in [-0.4, -0.2) is 47.3 Å². The zero-order valence-electron chi connectivity index (χ0n) is 21.4. The molecule has 188 valence electrons. The lowest BCUT2D eigenvalue weighted by Gasteiger charge is -2.36. The van der Waals surface area contributed by atoms with Crippen LogP contribution in [-0.2, 0) is 9.47 Å². The zero-order valence-corrected chi connectivity index (χ0v) is 21.4. The van der Waals surface area contributed by atoms with E-state index in [0.717, 1.165) is 49.4 Å². The average molecular weight is 486 g/mol. The van der Waals surface area contributed by atoms with E-state index in [0.29, 0.717) is 12.5 Å². The second-order valence-electron chi connectivity index (χ2n) is 9.39. The van der Waals surface area contributed by atoms with Crippen molar-refractivity contribution in [3.8, 4) is 11.5 Å². The van der Waals surface area contributed by atoms with Gasteiger partial charge in [0, 0.05) is 57.0 Å². The van der Waals surface area contributed by atoms with Gasteiger partial charge in [0.25, 0.3) is 0 Å². The average Bonchev–Trinajstić information content (AvgIpc) is 3.14. The Labute approximate surface area is 214 Å². The van der Waals surface area contributed by atoms with Crippen molar-refractivity contribution in [2.24, 2.45) is 5.92 Å². The predicted octanol–water partition coefficient (Wildman–Crippen LogP) is 6.27. The van der Waals surface area contributed by atoms with Gasteiger partial charge < -0.3 is 23.8 Å². The molecule has 0 spiro atoms. The van der Waals surface area contributed by atoms with Crippen LogP contribution in [0.5, 0.6) is 11.5 Å². The van der Waals surface area contributed by atoms with Crippen LogP contribution in [0.1, 0.15) is 36.0 Å². The molecule has 1 saturated heterocycles. The molecule has 3 aromatic rings. The maximum atomic E-state index is 6.21. The Morgan fingerprint density at radius 3 is 2.22 bits per heavy atom. The quantitative estimate of drug-likeness (QED) is 0.369. The van der Waals surface area contributed by atoms with Gasteiger partial charge in [-0.1, -0.05) is 42.5 Å². The summed E-state index contributed by atoms with van der Waals surface area (Å²) in [6, 6.07) is 25.8. The number of nitrogens with zero attached hydrogens (tertiary/aromatic N) is 1. The lowest BCUT2D eigenvalue weighted by molar-refractivity contribution is -0.141. The minimum atomic E-state index is -0.117. The lowest BCUT2D eigenvalue weighted by Crippen LogP contribution is -2.39. The van der Waals surface area contributed by atoms with E-state index < -0.39 is 0 Å². The van der Waals surface area contributed by atoms with Crippen molar-refractivity contribution in [2.45, 2.75) is 25.6 Å². The first-order valence-corrected chi connectivity index (χ1v) is 12.7. The minimum absolute atomic E-state index is 0.117. The van der Waals surface area contributed by atoms with Gasteiger partial charge in [0.05, 0.1) is 13.7 Å². The Hall–Kier alpha value is -3.28. The van der Waals surface area contributed by atoms with Gasteiger partial charge in [0.2, 0.25) is 0 Å². The third kappa shape index (κ3) is 4.99. The van der Waals surface area contributed by atoms with Crippen LogP contribution in [0.3, 0.4) is 0 Å². The first-order valence-electron chi connectivity index (χ1n) is 12.7. The molecule has 5 rings (SSSR count). The summed E-state index contributed by atoms with van der Waals surface area (Å²) in [4.78, 5) is 2.46. The molecule has 2 aliphatic heterocycles. The zero-order chi connectivity index (χ0) is 24.9. The summed E-state index contributed by atoms with van der Waals surface area (Å²) < 4.78 is 22.7. The normalized spacial score (nSPS) is 16.5. The highest BCUT2D eigenvalue weighted by molar-refractivity contribution is 6.00. The smallest absolute Gasteiger partial charge is 0.159 e. The van der Waals surface area contributed by atoms with Gasteiger partial charge in [0.15, 0.2) is 6.29 Å². The molecule has 5 heteroatoms. The highest BCUT2D eigenvalue weighted by Crippen LogP contribution is 2.42. The monoisotopic (exact) mass is 485 g/mol. The van der Waals surface area contributed by atoms with Gasteiger partial charge >= 0.3 is 0 Å². The molecule has 0 aromatic heterocycles. The van der Waals surface area contributed by atoms with E-state index in [-0.39, 0.29) is 6.29 Å². The predicted molar refractivity (Wildman–Crippen MR) is 145 cm³/mol. The maximum absolute atomic E-state index is 6.21. The van der Waals surface area contributed by atoms with Crippen molar-refractivity contribution >= 4 is 16.8 Å². The summed E-state index contributed by atoms with van der Waals surface area (Å²) in [5.74, 6) is 2.11. The number of methoxy groups -OCH3 is 3. The van der Waals surface area contributed by atoms with Gasteiger partial charge in [0.1, 0.15) is 11.5 Å². The molecule has 0 bridgehead atoms. The number of hydrogen-bond donors (Lipinski definition) is 0. The summed E-state index contributed by atoms with van der Waals surface area (Å²) in [6.45, 7) is 2.63. The first kappa shape index (κ1) is 24.4. The van der Waals surface area contributed by atoms with Gasteiger partial charge in [-0.05, 0) is 59.4 Å². The Kier molecular flexibility index (Phi) is 7.59. The van der Waals surface area contributed by atoms with E-state index in [4.69, 9.17) is 18.9 Å². The molecule has 0 radical (unpaired) electrons. The van der Waals surface area contributed by atoms with Crippen molar-refractivity contribution in [3.05, 3.63) is 89.5 Å². The summed E-state index contributed by atoms with van der Waals surface area (Å²) >= 11 is 0. The van der Waals surface area contributed by atoms with Crippen molar-refractivity contribution in [3.63, 3.8) is 0 Å². The van der Waals surface area contributed by atoms with E-state index in [1.54, 1.807) is 21.3 Å². The van der Waals surface area contributed by atoms with E-state index in [1.807, 2.05) is 12.1 Å². The van der Waals surface area contributed by atoms with Crippen LogP contribution in [0.2, 0.25) is 0 Å². The van der Waals surface area contributed by atoms with Crippen molar-refractivity contribution < 1.29 is 18.9 Å². The van der Waals surface area contributed by atoms with Gasteiger partial charge in [-0.25, -0.2) is 0 Å². The standard InChI is InChI=1S/C31H35NO4/c1-33-26-13-14-28-29(21-26)36-20-17-27(22-7-5-4-6-8-22)30(28)23-9-11-25(12-10-23)32-18-15-24(16-19-32)31(34-2)35-3/h4-14,21,24,31H,15-20H2,1-3H3. The van der Waals surface area contributed by atoms with E-state index >= 15 is 0 Å². The maximum Gasteiger partial charge on any atom is 0.159 e. The molecule has 3 aromatic carbocycles. The van der Waals surface area contributed by atoms with Crippen molar-refractivity contribution in [2.75, 3.05) is 45.9 Å². The number of fused-ring (bicyclic) bond motifs is 1. The number of benzene rings is 3. The molecule has 1 fully saturated rings. The molecular formula is C31H35NO4. The van der Waals surface area contributed by atoms with Gasteiger partial charge in [-0.2, -0.15) is 0 Å². The molecule has 0 atom stereocenters.